The summed E-state index contributed by atoms with van der Waals surface area (Å²) in [7, 11) is 0. The molecule has 0 aromatic carbocycles. The van der Waals surface area contributed by atoms with Gasteiger partial charge >= 0.3 is 0 Å². The Bertz CT molecular complexity index is 425. The number of fused-ring (bicyclic) bond motifs is 1. The van der Waals surface area contributed by atoms with Crippen LogP contribution in [0.5, 0.6) is 0 Å². The largest absolute Gasteiger partial charge is 0.352 e. The molecule has 1 amide bonds. The number of amides is 1. The van der Waals surface area contributed by atoms with E-state index in [-0.39, 0.29) is 11.9 Å². The number of carbonyl (C=O) groups is 1. The standard InChI is InChI=1S/C14H22N2OS/c1-9-3-4-11-12(8-18-13(11)7-9)14(17)16-6-5-10(2)15/h8-10H,3-7,15H2,1-2H3,(H,16,17). The highest BCUT2D eigenvalue weighted by Gasteiger charge is 2.22. The lowest BCUT2D eigenvalue weighted by molar-refractivity contribution is 0.0952. The van der Waals surface area contributed by atoms with E-state index in [1.54, 1.807) is 11.3 Å². The summed E-state index contributed by atoms with van der Waals surface area (Å²) in [6.07, 6.45) is 4.21. The zero-order valence-corrected chi connectivity index (χ0v) is 12.0. The summed E-state index contributed by atoms with van der Waals surface area (Å²) in [5.41, 5.74) is 7.86. The van der Waals surface area contributed by atoms with Gasteiger partial charge in [-0.2, -0.15) is 0 Å². The zero-order valence-electron chi connectivity index (χ0n) is 11.2. The van der Waals surface area contributed by atoms with Gasteiger partial charge in [0.25, 0.3) is 5.91 Å². The molecule has 100 valence electrons. The van der Waals surface area contributed by atoms with Crippen LogP contribution in [0.3, 0.4) is 0 Å². The highest BCUT2D eigenvalue weighted by atomic mass is 32.1. The van der Waals surface area contributed by atoms with Crippen LogP contribution in [0.15, 0.2) is 5.38 Å². The molecule has 4 heteroatoms. The molecular weight excluding hydrogens is 244 g/mol. The van der Waals surface area contributed by atoms with Crippen molar-refractivity contribution in [3.8, 4) is 0 Å². The fourth-order valence-corrected chi connectivity index (χ4v) is 3.62. The van der Waals surface area contributed by atoms with Gasteiger partial charge in [0.1, 0.15) is 0 Å². The molecule has 2 unspecified atom stereocenters. The third-order valence-corrected chi connectivity index (χ3v) is 4.58. The molecule has 18 heavy (non-hydrogen) atoms. The summed E-state index contributed by atoms with van der Waals surface area (Å²) < 4.78 is 0. The van der Waals surface area contributed by atoms with Crippen molar-refractivity contribution in [2.75, 3.05) is 6.54 Å². The minimum absolute atomic E-state index is 0.0719. The third-order valence-electron chi connectivity index (χ3n) is 3.53. The van der Waals surface area contributed by atoms with Gasteiger partial charge in [0.05, 0.1) is 5.56 Å². The summed E-state index contributed by atoms with van der Waals surface area (Å²) in [4.78, 5) is 13.5. The molecule has 1 heterocycles. The first-order valence-corrected chi connectivity index (χ1v) is 7.59. The average molecular weight is 266 g/mol. The van der Waals surface area contributed by atoms with Gasteiger partial charge in [-0.25, -0.2) is 0 Å². The fourth-order valence-electron chi connectivity index (χ4n) is 2.38. The first kappa shape index (κ1) is 13.6. The smallest absolute Gasteiger partial charge is 0.252 e. The Morgan fingerprint density at radius 2 is 2.44 bits per heavy atom. The molecule has 1 aliphatic rings. The Labute approximate surface area is 113 Å². The number of thiophene rings is 1. The summed E-state index contributed by atoms with van der Waals surface area (Å²) in [6.45, 7) is 4.91. The monoisotopic (exact) mass is 266 g/mol. The van der Waals surface area contributed by atoms with E-state index in [1.165, 1.54) is 16.9 Å². The van der Waals surface area contributed by atoms with Crippen molar-refractivity contribution in [3.05, 3.63) is 21.4 Å². The Morgan fingerprint density at radius 3 is 3.17 bits per heavy atom. The van der Waals surface area contributed by atoms with E-state index in [0.29, 0.717) is 6.54 Å². The van der Waals surface area contributed by atoms with E-state index >= 15 is 0 Å². The summed E-state index contributed by atoms with van der Waals surface area (Å²) in [6, 6.07) is 0.141. The minimum Gasteiger partial charge on any atom is -0.352 e. The topological polar surface area (TPSA) is 55.1 Å². The molecule has 0 radical (unpaired) electrons. The normalized spacial score (nSPS) is 20.3. The van der Waals surface area contributed by atoms with Crippen molar-refractivity contribution in [2.24, 2.45) is 11.7 Å². The van der Waals surface area contributed by atoms with Gasteiger partial charge in [0.2, 0.25) is 0 Å². The van der Waals surface area contributed by atoms with Crippen molar-refractivity contribution < 1.29 is 4.79 Å². The highest BCUT2D eigenvalue weighted by Crippen LogP contribution is 2.32. The van der Waals surface area contributed by atoms with Crippen LogP contribution in [-0.4, -0.2) is 18.5 Å². The van der Waals surface area contributed by atoms with Crippen LogP contribution in [0.4, 0.5) is 0 Å². The van der Waals surface area contributed by atoms with E-state index in [1.807, 2.05) is 12.3 Å². The maximum absolute atomic E-state index is 12.1. The highest BCUT2D eigenvalue weighted by molar-refractivity contribution is 7.10. The summed E-state index contributed by atoms with van der Waals surface area (Å²) in [5, 5.41) is 4.98. The molecule has 0 saturated heterocycles. The molecule has 1 aromatic heterocycles. The van der Waals surface area contributed by atoms with Crippen LogP contribution in [0.2, 0.25) is 0 Å². The van der Waals surface area contributed by atoms with Crippen LogP contribution in [-0.2, 0) is 12.8 Å². The quantitative estimate of drug-likeness (QED) is 0.879. The van der Waals surface area contributed by atoms with Crippen molar-refractivity contribution >= 4 is 17.2 Å². The fraction of sp³-hybridized carbons (Fsp3) is 0.643. The van der Waals surface area contributed by atoms with Crippen LogP contribution in [0, 0.1) is 5.92 Å². The molecule has 2 rings (SSSR count). The molecule has 0 aliphatic heterocycles. The van der Waals surface area contributed by atoms with Crippen LogP contribution >= 0.6 is 11.3 Å². The van der Waals surface area contributed by atoms with E-state index in [9.17, 15) is 4.79 Å². The van der Waals surface area contributed by atoms with Gasteiger partial charge in [-0.05, 0) is 44.1 Å². The molecule has 1 aliphatic carbocycles. The molecule has 3 nitrogen and oxygen atoms in total. The minimum atomic E-state index is 0.0719. The number of nitrogens with two attached hydrogens (primary N) is 1. The predicted octanol–water partition coefficient (Wildman–Crippen LogP) is 2.34. The van der Waals surface area contributed by atoms with Crippen LogP contribution in [0.25, 0.3) is 0 Å². The summed E-state index contributed by atoms with van der Waals surface area (Å²) >= 11 is 1.74. The average Bonchev–Trinajstić information content (AvgIpc) is 2.71. The molecular formula is C14H22N2OS. The summed E-state index contributed by atoms with van der Waals surface area (Å²) in [5.74, 6) is 0.827. The lowest BCUT2D eigenvalue weighted by atomic mass is 9.88. The number of nitrogens with one attached hydrogen (secondary N) is 1. The van der Waals surface area contributed by atoms with E-state index in [2.05, 4.69) is 12.2 Å². The van der Waals surface area contributed by atoms with Gasteiger partial charge in [-0.1, -0.05) is 6.92 Å². The Balaban J connectivity index is 1.99. The molecule has 0 bridgehead atoms. The second-order valence-electron chi connectivity index (χ2n) is 5.42. The lowest BCUT2D eigenvalue weighted by Gasteiger charge is -2.18. The third kappa shape index (κ3) is 3.12. The first-order valence-electron chi connectivity index (χ1n) is 6.71. The van der Waals surface area contributed by atoms with E-state index < -0.39 is 0 Å². The maximum Gasteiger partial charge on any atom is 0.252 e. The van der Waals surface area contributed by atoms with Gasteiger partial charge < -0.3 is 11.1 Å². The maximum atomic E-state index is 12.1. The van der Waals surface area contributed by atoms with Crippen LogP contribution < -0.4 is 11.1 Å². The van der Waals surface area contributed by atoms with Gasteiger partial charge in [0.15, 0.2) is 0 Å². The molecule has 2 atom stereocenters. The number of carbonyl (C=O) groups excluding carboxylic acids is 1. The Morgan fingerprint density at radius 1 is 1.67 bits per heavy atom. The molecule has 3 N–H and O–H groups in total. The Kier molecular flexibility index (Phi) is 4.40. The SMILES string of the molecule is CC(N)CCNC(=O)c1csc2c1CCC(C)C2. The van der Waals surface area contributed by atoms with E-state index in [0.717, 1.165) is 30.7 Å². The predicted molar refractivity (Wildman–Crippen MR) is 76.1 cm³/mol. The number of hydrogen-bond donors (Lipinski definition) is 2. The van der Waals surface area contributed by atoms with Crippen molar-refractivity contribution in [1.82, 2.24) is 5.32 Å². The molecule has 1 aromatic rings. The zero-order chi connectivity index (χ0) is 13.1. The Hall–Kier alpha value is -0.870. The molecule has 0 saturated carbocycles. The lowest BCUT2D eigenvalue weighted by Crippen LogP contribution is -2.29. The number of rotatable bonds is 4. The van der Waals surface area contributed by atoms with Crippen molar-refractivity contribution in [2.45, 2.75) is 45.6 Å². The number of hydrogen-bond acceptors (Lipinski definition) is 3. The van der Waals surface area contributed by atoms with Gasteiger partial charge in [0, 0.05) is 22.8 Å². The van der Waals surface area contributed by atoms with Crippen LogP contribution in [0.1, 0.15) is 47.5 Å². The van der Waals surface area contributed by atoms with Crippen molar-refractivity contribution in [3.63, 3.8) is 0 Å². The second-order valence-corrected chi connectivity index (χ2v) is 6.39. The van der Waals surface area contributed by atoms with Gasteiger partial charge in [-0.3, -0.25) is 4.79 Å². The van der Waals surface area contributed by atoms with Gasteiger partial charge in [-0.15, -0.1) is 11.3 Å². The molecule has 0 spiro atoms. The first-order chi connectivity index (χ1) is 8.58. The molecule has 0 fully saturated rings. The van der Waals surface area contributed by atoms with Crippen molar-refractivity contribution in [1.29, 1.82) is 0 Å². The second kappa shape index (κ2) is 5.85. The van der Waals surface area contributed by atoms with E-state index in [4.69, 9.17) is 5.73 Å².